The summed E-state index contributed by atoms with van der Waals surface area (Å²) in [6, 6.07) is 10.7. The zero-order valence-corrected chi connectivity index (χ0v) is 13.0. The molecule has 0 amide bonds. The van der Waals surface area contributed by atoms with E-state index in [4.69, 9.17) is 0 Å². The molecule has 2 rings (SSSR count). The average molecular weight is 325 g/mol. The van der Waals surface area contributed by atoms with Gasteiger partial charge in [-0.15, -0.1) is 11.3 Å². The Morgan fingerprint density at radius 2 is 2.11 bits per heavy atom. The second kappa shape index (κ2) is 6.36. The molecule has 0 unspecified atom stereocenters. The molecule has 2 aromatic rings. The molecular formula is C14H17BrN2S. The van der Waals surface area contributed by atoms with Crippen molar-refractivity contribution in [3.05, 3.63) is 50.6 Å². The molecule has 1 aromatic carbocycles. The first-order valence-electron chi connectivity index (χ1n) is 5.84. The molecular weight excluding hydrogens is 308 g/mol. The normalized spacial score (nSPS) is 10.9. The van der Waals surface area contributed by atoms with Gasteiger partial charge in [-0.2, -0.15) is 0 Å². The van der Waals surface area contributed by atoms with Crippen molar-refractivity contribution >= 4 is 33.0 Å². The van der Waals surface area contributed by atoms with Crippen LogP contribution in [-0.4, -0.2) is 19.0 Å². The number of hydrogen-bond acceptors (Lipinski definition) is 3. The van der Waals surface area contributed by atoms with Gasteiger partial charge in [-0.05, 0) is 53.8 Å². The monoisotopic (exact) mass is 324 g/mol. The van der Waals surface area contributed by atoms with Gasteiger partial charge in [0.25, 0.3) is 0 Å². The molecule has 0 bridgehead atoms. The van der Waals surface area contributed by atoms with Gasteiger partial charge in [-0.25, -0.2) is 0 Å². The zero-order chi connectivity index (χ0) is 13.0. The van der Waals surface area contributed by atoms with E-state index in [2.05, 4.69) is 76.0 Å². The van der Waals surface area contributed by atoms with E-state index >= 15 is 0 Å². The van der Waals surface area contributed by atoms with Crippen molar-refractivity contribution < 1.29 is 0 Å². The molecule has 2 nitrogen and oxygen atoms in total. The van der Waals surface area contributed by atoms with Crippen molar-refractivity contribution in [2.45, 2.75) is 13.1 Å². The second-order valence-electron chi connectivity index (χ2n) is 4.52. The molecule has 96 valence electrons. The SMILES string of the molecule is CN(C)Cc1cccc(NCc2cc(Br)cs2)c1. The van der Waals surface area contributed by atoms with Gasteiger partial charge in [0.2, 0.25) is 0 Å². The minimum Gasteiger partial charge on any atom is -0.380 e. The topological polar surface area (TPSA) is 15.3 Å². The molecule has 1 aromatic heterocycles. The predicted octanol–water partition coefficient (Wildman–Crippen LogP) is 4.18. The van der Waals surface area contributed by atoms with Crippen molar-refractivity contribution in [2.24, 2.45) is 0 Å². The first-order chi connectivity index (χ1) is 8.63. The van der Waals surface area contributed by atoms with Gasteiger partial charge in [-0.3, -0.25) is 0 Å². The summed E-state index contributed by atoms with van der Waals surface area (Å²) in [6.45, 7) is 1.85. The van der Waals surface area contributed by atoms with Gasteiger partial charge in [0.15, 0.2) is 0 Å². The Kier molecular flexibility index (Phi) is 4.80. The molecule has 0 saturated heterocycles. The second-order valence-corrected chi connectivity index (χ2v) is 6.43. The summed E-state index contributed by atoms with van der Waals surface area (Å²) in [5.74, 6) is 0. The van der Waals surface area contributed by atoms with Crippen LogP contribution >= 0.6 is 27.3 Å². The number of nitrogens with zero attached hydrogens (tertiary/aromatic N) is 1. The highest BCUT2D eigenvalue weighted by atomic mass is 79.9. The Bertz CT molecular complexity index is 508. The molecule has 18 heavy (non-hydrogen) atoms. The van der Waals surface area contributed by atoms with Gasteiger partial charge in [0, 0.05) is 33.5 Å². The zero-order valence-electron chi connectivity index (χ0n) is 10.6. The maximum Gasteiger partial charge on any atom is 0.0494 e. The third kappa shape index (κ3) is 4.12. The van der Waals surface area contributed by atoms with Crippen LogP contribution in [-0.2, 0) is 13.1 Å². The van der Waals surface area contributed by atoms with Crippen molar-refractivity contribution in [1.29, 1.82) is 0 Å². The predicted molar refractivity (Wildman–Crippen MR) is 83.2 cm³/mol. The summed E-state index contributed by atoms with van der Waals surface area (Å²) in [7, 11) is 4.17. The number of rotatable bonds is 5. The minimum atomic E-state index is 0.877. The van der Waals surface area contributed by atoms with Crippen molar-refractivity contribution in [1.82, 2.24) is 4.90 Å². The lowest BCUT2D eigenvalue weighted by molar-refractivity contribution is 0.402. The van der Waals surface area contributed by atoms with Crippen LogP contribution in [0.2, 0.25) is 0 Å². The van der Waals surface area contributed by atoms with Crippen LogP contribution in [0.15, 0.2) is 40.2 Å². The van der Waals surface area contributed by atoms with Crippen molar-refractivity contribution in [3.63, 3.8) is 0 Å². The number of thiophene rings is 1. The van der Waals surface area contributed by atoms with Crippen LogP contribution in [0.5, 0.6) is 0 Å². The number of halogens is 1. The lowest BCUT2D eigenvalue weighted by atomic mass is 10.2. The summed E-state index contributed by atoms with van der Waals surface area (Å²) in [5.41, 5.74) is 2.51. The number of nitrogens with one attached hydrogen (secondary N) is 1. The fourth-order valence-corrected chi connectivity index (χ4v) is 3.17. The molecule has 0 aliphatic rings. The van der Waals surface area contributed by atoms with Crippen LogP contribution in [0.25, 0.3) is 0 Å². The summed E-state index contributed by atoms with van der Waals surface area (Å²) in [5, 5.41) is 5.57. The van der Waals surface area contributed by atoms with Gasteiger partial charge in [-0.1, -0.05) is 12.1 Å². The molecule has 0 fully saturated rings. The molecule has 1 N–H and O–H groups in total. The maximum atomic E-state index is 3.47. The number of hydrogen-bond donors (Lipinski definition) is 1. The summed E-state index contributed by atoms with van der Waals surface area (Å²) in [4.78, 5) is 3.51. The van der Waals surface area contributed by atoms with Crippen molar-refractivity contribution in [2.75, 3.05) is 19.4 Å². The summed E-state index contributed by atoms with van der Waals surface area (Å²) in [6.07, 6.45) is 0. The third-order valence-electron chi connectivity index (χ3n) is 2.51. The van der Waals surface area contributed by atoms with E-state index in [9.17, 15) is 0 Å². The first kappa shape index (κ1) is 13.6. The highest BCUT2D eigenvalue weighted by Gasteiger charge is 2.00. The van der Waals surface area contributed by atoms with E-state index in [1.54, 1.807) is 11.3 Å². The molecule has 0 atom stereocenters. The van der Waals surface area contributed by atoms with Gasteiger partial charge >= 0.3 is 0 Å². The van der Waals surface area contributed by atoms with Crippen LogP contribution in [0.3, 0.4) is 0 Å². The molecule has 0 radical (unpaired) electrons. The van der Waals surface area contributed by atoms with E-state index in [0.29, 0.717) is 0 Å². The Morgan fingerprint density at radius 3 is 2.78 bits per heavy atom. The summed E-state index contributed by atoms with van der Waals surface area (Å²) >= 11 is 5.24. The third-order valence-corrected chi connectivity index (χ3v) is 4.21. The van der Waals surface area contributed by atoms with Gasteiger partial charge < -0.3 is 10.2 Å². The van der Waals surface area contributed by atoms with Gasteiger partial charge in [0.05, 0.1) is 0 Å². The molecule has 0 aliphatic heterocycles. The Labute approximate surface area is 121 Å². The van der Waals surface area contributed by atoms with E-state index in [0.717, 1.165) is 17.6 Å². The summed E-state index contributed by atoms with van der Waals surface area (Å²) < 4.78 is 1.16. The largest absolute Gasteiger partial charge is 0.380 e. The Balaban J connectivity index is 1.96. The van der Waals surface area contributed by atoms with E-state index in [1.165, 1.54) is 16.1 Å². The maximum absolute atomic E-state index is 3.47. The fraction of sp³-hybridized carbons (Fsp3) is 0.286. The van der Waals surface area contributed by atoms with Gasteiger partial charge in [0.1, 0.15) is 0 Å². The Morgan fingerprint density at radius 1 is 1.28 bits per heavy atom. The van der Waals surface area contributed by atoms with E-state index < -0.39 is 0 Å². The minimum absolute atomic E-state index is 0.877. The number of benzene rings is 1. The fourth-order valence-electron chi connectivity index (χ4n) is 1.78. The van der Waals surface area contributed by atoms with Crippen LogP contribution in [0.1, 0.15) is 10.4 Å². The average Bonchev–Trinajstić information content (AvgIpc) is 2.72. The highest BCUT2D eigenvalue weighted by Crippen LogP contribution is 2.21. The van der Waals surface area contributed by atoms with E-state index in [-0.39, 0.29) is 0 Å². The van der Waals surface area contributed by atoms with Crippen LogP contribution < -0.4 is 5.32 Å². The van der Waals surface area contributed by atoms with Crippen molar-refractivity contribution in [3.8, 4) is 0 Å². The van der Waals surface area contributed by atoms with Crippen LogP contribution in [0.4, 0.5) is 5.69 Å². The van der Waals surface area contributed by atoms with E-state index in [1.807, 2.05) is 0 Å². The quantitative estimate of drug-likeness (QED) is 0.887. The molecule has 1 heterocycles. The molecule has 0 saturated carbocycles. The lowest BCUT2D eigenvalue weighted by Gasteiger charge is -2.11. The molecule has 0 spiro atoms. The number of anilines is 1. The molecule has 4 heteroatoms. The highest BCUT2D eigenvalue weighted by molar-refractivity contribution is 9.10. The smallest absolute Gasteiger partial charge is 0.0494 e. The Hall–Kier alpha value is -0.840. The van der Waals surface area contributed by atoms with Crippen LogP contribution in [0, 0.1) is 0 Å². The molecule has 0 aliphatic carbocycles. The first-order valence-corrected chi connectivity index (χ1v) is 7.51. The standard InChI is InChI=1S/C14H17BrN2S/c1-17(2)9-11-4-3-5-13(6-11)16-8-14-7-12(15)10-18-14/h3-7,10,16H,8-9H2,1-2H3. The lowest BCUT2D eigenvalue weighted by Crippen LogP contribution is -2.10.